The standard InChI is InChI=1S/C39H38FN3O6Si/c1-39(2,3)50(29-20-12-6-13-21-29,30-22-14-7-15-23-30)47-26-31-34(49-37(45)28-18-10-5-11-19-28)33(40)36(48-31)43-25-24-32(42-38(43)46)41-35(44)27-16-8-4-9-17-27/h4-25,31,33-34,36H,26H2,1-3H3,(H,41,42,44,46)/t31-,33+,34?,36-/m1/s1. The molecule has 5 aromatic rings. The Kier molecular flexibility index (Phi) is 10.2. The quantitative estimate of drug-likeness (QED) is 0.152. The molecular weight excluding hydrogens is 654 g/mol. The molecule has 256 valence electrons. The van der Waals surface area contributed by atoms with Crippen LogP contribution in [0.1, 0.15) is 47.7 Å². The van der Waals surface area contributed by atoms with Crippen molar-refractivity contribution in [3.63, 3.8) is 0 Å². The lowest BCUT2D eigenvalue weighted by Gasteiger charge is -2.43. The zero-order valence-electron chi connectivity index (χ0n) is 27.9. The number of nitrogens with zero attached hydrogens (tertiary/aromatic N) is 2. The van der Waals surface area contributed by atoms with Crippen LogP contribution in [0.3, 0.4) is 0 Å². The molecule has 1 saturated heterocycles. The van der Waals surface area contributed by atoms with E-state index in [2.05, 4.69) is 31.1 Å². The van der Waals surface area contributed by atoms with Gasteiger partial charge in [0.15, 0.2) is 18.5 Å². The van der Waals surface area contributed by atoms with Crippen LogP contribution in [0.5, 0.6) is 0 Å². The lowest BCUT2D eigenvalue weighted by molar-refractivity contribution is -0.0504. The van der Waals surface area contributed by atoms with Crippen molar-refractivity contribution in [2.24, 2.45) is 0 Å². The Labute approximate surface area is 290 Å². The molecule has 11 heteroatoms. The smallest absolute Gasteiger partial charge is 0.351 e. The molecule has 1 unspecified atom stereocenters. The first-order chi connectivity index (χ1) is 24.1. The Hall–Kier alpha value is -5.23. The molecule has 6 rings (SSSR count). The van der Waals surface area contributed by atoms with Crippen LogP contribution >= 0.6 is 0 Å². The second kappa shape index (κ2) is 14.7. The van der Waals surface area contributed by atoms with E-state index in [1.807, 2.05) is 60.7 Å². The van der Waals surface area contributed by atoms with Crippen molar-refractivity contribution < 1.29 is 27.9 Å². The number of benzene rings is 4. The van der Waals surface area contributed by atoms with Gasteiger partial charge in [-0.15, -0.1) is 0 Å². The summed E-state index contributed by atoms with van der Waals surface area (Å²) in [7, 11) is -3.10. The van der Waals surface area contributed by atoms with Crippen molar-refractivity contribution in [2.75, 3.05) is 11.9 Å². The Bertz CT molecular complexity index is 1930. The van der Waals surface area contributed by atoms with Gasteiger partial charge in [0.05, 0.1) is 12.2 Å². The van der Waals surface area contributed by atoms with Crippen LogP contribution in [0, 0.1) is 0 Å². The van der Waals surface area contributed by atoms with Crippen molar-refractivity contribution in [3.05, 3.63) is 155 Å². The number of halogens is 1. The number of aromatic nitrogens is 2. The van der Waals surface area contributed by atoms with Crippen LogP contribution in [0.25, 0.3) is 0 Å². The fourth-order valence-electron chi connectivity index (χ4n) is 6.38. The zero-order valence-corrected chi connectivity index (χ0v) is 28.9. The molecule has 4 atom stereocenters. The van der Waals surface area contributed by atoms with Gasteiger partial charge in [-0.25, -0.2) is 14.0 Å². The topological polar surface area (TPSA) is 109 Å². The summed E-state index contributed by atoms with van der Waals surface area (Å²) >= 11 is 0. The molecule has 0 spiro atoms. The van der Waals surface area contributed by atoms with Crippen molar-refractivity contribution in [1.82, 2.24) is 9.55 Å². The van der Waals surface area contributed by atoms with Gasteiger partial charge in [-0.2, -0.15) is 4.98 Å². The predicted octanol–water partition coefficient (Wildman–Crippen LogP) is 5.53. The Morgan fingerprint density at radius 3 is 1.86 bits per heavy atom. The molecule has 2 heterocycles. The number of ether oxygens (including phenoxy) is 2. The highest BCUT2D eigenvalue weighted by molar-refractivity contribution is 6.99. The third-order valence-electron chi connectivity index (χ3n) is 8.78. The van der Waals surface area contributed by atoms with Gasteiger partial charge in [-0.1, -0.05) is 118 Å². The molecule has 0 aliphatic carbocycles. The van der Waals surface area contributed by atoms with Gasteiger partial charge >= 0.3 is 11.7 Å². The number of hydrogen-bond acceptors (Lipinski definition) is 7. The highest BCUT2D eigenvalue weighted by Gasteiger charge is 2.54. The SMILES string of the molecule is CC(C)(C)[Si](OC[C@H]1O[C@@H](n2ccc(NC(=O)c3ccccc3)nc2=O)[C@@H](F)C1OC(=O)c1ccccc1)(c1ccccc1)c1ccccc1. The molecule has 0 saturated carbocycles. The van der Waals surface area contributed by atoms with Crippen LogP contribution in [0.2, 0.25) is 5.04 Å². The van der Waals surface area contributed by atoms with Gasteiger partial charge in [-0.3, -0.25) is 9.36 Å². The lowest BCUT2D eigenvalue weighted by atomic mass is 10.1. The summed E-state index contributed by atoms with van der Waals surface area (Å²) in [5.74, 6) is -1.20. The molecule has 1 aliphatic heterocycles. The number of carbonyl (C=O) groups excluding carboxylic acids is 2. The largest absolute Gasteiger partial charge is 0.453 e. The minimum atomic E-state index is -3.10. The maximum atomic E-state index is 16.6. The van der Waals surface area contributed by atoms with Crippen molar-refractivity contribution in [1.29, 1.82) is 0 Å². The fraction of sp³-hybridized carbons (Fsp3) is 0.231. The fourth-order valence-corrected chi connectivity index (χ4v) is 11.0. The van der Waals surface area contributed by atoms with E-state index >= 15 is 4.39 Å². The van der Waals surface area contributed by atoms with Crippen LogP contribution in [-0.2, 0) is 13.9 Å². The molecule has 0 bridgehead atoms. The van der Waals surface area contributed by atoms with E-state index in [-0.39, 0.29) is 23.0 Å². The predicted molar refractivity (Wildman–Crippen MR) is 191 cm³/mol. The molecule has 1 amide bonds. The van der Waals surface area contributed by atoms with Gasteiger partial charge in [0.2, 0.25) is 0 Å². The molecule has 50 heavy (non-hydrogen) atoms. The van der Waals surface area contributed by atoms with E-state index in [1.165, 1.54) is 12.3 Å². The number of esters is 1. The number of alkyl halides is 1. The van der Waals surface area contributed by atoms with Gasteiger partial charge < -0.3 is 19.2 Å². The lowest BCUT2D eigenvalue weighted by Crippen LogP contribution is -2.67. The molecule has 1 fully saturated rings. The summed E-state index contributed by atoms with van der Waals surface area (Å²) < 4.78 is 36.7. The third-order valence-corrected chi connectivity index (χ3v) is 13.8. The van der Waals surface area contributed by atoms with Gasteiger partial charge in [0.25, 0.3) is 14.2 Å². The summed E-state index contributed by atoms with van der Waals surface area (Å²) in [4.78, 5) is 43.2. The molecule has 1 N–H and O–H groups in total. The Morgan fingerprint density at radius 1 is 0.820 bits per heavy atom. The minimum absolute atomic E-state index is 0.00729. The molecule has 9 nitrogen and oxygen atoms in total. The maximum absolute atomic E-state index is 16.6. The van der Waals surface area contributed by atoms with E-state index in [1.54, 1.807) is 60.7 Å². The molecule has 1 aromatic heterocycles. The highest BCUT2D eigenvalue weighted by atomic mass is 28.4. The van der Waals surface area contributed by atoms with Crippen molar-refractivity contribution in [3.8, 4) is 0 Å². The first kappa shape index (κ1) is 34.6. The van der Waals surface area contributed by atoms with Gasteiger partial charge in [0.1, 0.15) is 11.9 Å². The number of carbonyl (C=O) groups is 2. The second-order valence-electron chi connectivity index (χ2n) is 13.0. The first-order valence-electron chi connectivity index (χ1n) is 16.3. The van der Waals surface area contributed by atoms with E-state index in [9.17, 15) is 14.4 Å². The highest BCUT2D eigenvalue weighted by Crippen LogP contribution is 2.39. The summed E-state index contributed by atoms with van der Waals surface area (Å²) in [6.07, 6.45) is -4.66. The number of hydrogen-bond donors (Lipinski definition) is 1. The van der Waals surface area contributed by atoms with Gasteiger partial charge in [-0.05, 0) is 45.7 Å². The number of anilines is 1. The van der Waals surface area contributed by atoms with E-state index in [0.717, 1.165) is 14.9 Å². The molecular formula is C39H38FN3O6Si. The average Bonchev–Trinajstić information content (AvgIpc) is 3.43. The van der Waals surface area contributed by atoms with Crippen LogP contribution in [-0.4, -0.2) is 54.7 Å². The van der Waals surface area contributed by atoms with Crippen LogP contribution in [0.4, 0.5) is 10.2 Å². The third kappa shape index (κ3) is 7.06. The number of amides is 1. The van der Waals surface area contributed by atoms with E-state index < -0.39 is 50.5 Å². The Balaban J connectivity index is 1.32. The van der Waals surface area contributed by atoms with Crippen molar-refractivity contribution in [2.45, 2.75) is 50.4 Å². The number of nitrogens with one attached hydrogen (secondary N) is 1. The molecule has 0 radical (unpaired) electrons. The Morgan fingerprint density at radius 2 is 1.34 bits per heavy atom. The summed E-state index contributed by atoms with van der Waals surface area (Å²) in [5, 5.41) is 4.22. The summed E-state index contributed by atoms with van der Waals surface area (Å²) in [5.41, 5.74) is -0.231. The van der Waals surface area contributed by atoms with Gasteiger partial charge in [0, 0.05) is 11.8 Å². The normalized spacial score (nSPS) is 19.1. The van der Waals surface area contributed by atoms with Crippen LogP contribution in [0.15, 0.2) is 138 Å². The summed E-state index contributed by atoms with van der Waals surface area (Å²) in [6, 6.07) is 38.0. The molecule has 4 aromatic carbocycles. The minimum Gasteiger partial charge on any atom is -0.453 e. The average molecular weight is 692 g/mol. The summed E-state index contributed by atoms with van der Waals surface area (Å²) in [6.45, 7) is 6.22. The number of rotatable bonds is 10. The zero-order chi connectivity index (χ0) is 35.3. The maximum Gasteiger partial charge on any atom is 0.351 e. The monoisotopic (exact) mass is 691 g/mol. The van der Waals surface area contributed by atoms with E-state index in [4.69, 9.17) is 13.9 Å². The first-order valence-corrected chi connectivity index (χ1v) is 18.3. The van der Waals surface area contributed by atoms with Crippen molar-refractivity contribution >= 4 is 36.4 Å². The van der Waals surface area contributed by atoms with Crippen LogP contribution < -0.4 is 21.4 Å². The molecule has 1 aliphatic rings. The second-order valence-corrected chi connectivity index (χ2v) is 17.3. The van der Waals surface area contributed by atoms with E-state index in [0.29, 0.717) is 5.56 Å².